The molecule has 7 nitrogen and oxygen atoms in total. The summed E-state index contributed by atoms with van der Waals surface area (Å²) in [5.74, 6) is -1.92. The highest BCUT2D eigenvalue weighted by atomic mass is 16.4. The molecular formula is C21H25N3O4. The van der Waals surface area contributed by atoms with Crippen LogP contribution in [0.4, 0.5) is 5.69 Å². The number of amides is 2. The number of pyridine rings is 1. The SMILES string of the molecule is CC(C)(C)CCC(NC(=O)c1cccc(NC(=O)c2cccnc2)c1)C(=O)O. The molecule has 1 atom stereocenters. The zero-order valence-corrected chi connectivity index (χ0v) is 16.2. The largest absolute Gasteiger partial charge is 0.480 e. The van der Waals surface area contributed by atoms with Gasteiger partial charge in [-0.3, -0.25) is 14.6 Å². The van der Waals surface area contributed by atoms with E-state index in [2.05, 4.69) is 15.6 Å². The summed E-state index contributed by atoms with van der Waals surface area (Å²) in [6.45, 7) is 6.05. The molecule has 1 aromatic carbocycles. The van der Waals surface area contributed by atoms with Crippen molar-refractivity contribution in [3.63, 3.8) is 0 Å². The zero-order chi connectivity index (χ0) is 20.7. The summed E-state index contributed by atoms with van der Waals surface area (Å²) in [6.07, 6.45) is 4.01. The maximum atomic E-state index is 12.5. The van der Waals surface area contributed by atoms with Crippen molar-refractivity contribution in [2.45, 2.75) is 39.7 Å². The van der Waals surface area contributed by atoms with Gasteiger partial charge in [-0.15, -0.1) is 0 Å². The van der Waals surface area contributed by atoms with Crippen LogP contribution in [0, 0.1) is 5.41 Å². The van der Waals surface area contributed by atoms with E-state index in [1.54, 1.807) is 36.5 Å². The zero-order valence-electron chi connectivity index (χ0n) is 16.2. The molecule has 2 rings (SSSR count). The van der Waals surface area contributed by atoms with Crippen LogP contribution in [-0.2, 0) is 4.79 Å². The first-order valence-corrected chi connectivity index (χ1v) is 9.01. The third-order valence-electron chi connectivity index (χ3n) is 4.09. The summed E-state index contributed by atoms with van der Waals surface area (Å²) >= 11 is 0. The van der Waals surface area contributed by atoms with Gasteiger partial charge in [-0.1, -0.05) is 26.8 Å². The molecule has 0 spiro atoms. The number of aliphatic carboxylic acids is 1. The molecule has 0 saturated heterocycles. The summed E-state index contributed by atoms with van der Waals surface area (Å²) in [5.41, 5.74) is 1.06. The van der Waals surface area contributed by atoms with E-state index < -0.39 is 17.9 Å². The molecule has 3 N–H and O–H groups in total. The van der Waals surface area contributed by atoms with Crippen LogP contribution in [-0.4, -0.2) is 33.9 Å². The Balaban J connectivity index is 2.06. The Kier molecular flexibility index (Phi) is 6.87. The molecule has 0 fully saturated rings. The van der Waals surface area contributed by atoms with Crippen molar-refractivity contribution in [3.05, 3.63) is 59.9 Å². The first kappa shape index (κ1) is 21.1. The summed E-state index contributed by atoms with van der Waals surface area (Å²) in [4.78, 5) is 40.1. The number of hydrogen-bond donors (Lipinski definition) is 3. The van der Waals surface area contributed by atoms with Gasteiger partial charge in [0.05, 0.1) is 5.56 Å². The molecule has 2 aromatic rings. The van der Waals surface area contributed by atoms with E-state index in [0.29, 0.717) is 24.1 Å². The summed E-state index contributed by atoms with van der Waals surface area (Å²) in [6, 6.07) is 8.66. The predicted octanol–water partition coefficient (Wildman–Crippen LogP) is 3.34. The first-order valence-electron chi connectivity index (χ1n) is 9.01. The highest BCUT2D eigenvalue weighted by Crippen LogP contribution is 2.22. The number of benzene rings is 1. The number of carbonyl (C=O) groups is 3. The minimum Gasteiger partial charge on any atom is -0.480 e. The maximum absolute atomic E-state index is 12.5. The smallest absolute Gasteiger partial charge is 0.326 e. The molecule has 28 heavy (non-hydrogen) atoms. The first-order chi connectivity index (χ1) is 13.2. The van der Waals surface area contributed by atoms with Gasteiger partial charge in [0.2, 0.25) is 0 Å². The lowest BCUT2D eigenvalue weighted by atomic mass is 9.88. The molecule has 1 unspecified atom stereocenters. The molecule has 1 heterocycles. The van der Waals surface area contributed by atoms with E-state index in [9.17, 15) is 19.5 Å². The lowest BCUT2D eigenvalue weighted by molar-refractivity contribution is -0.139. The fraction of sp³-hybridized carbons (Fsp3) is 0.333. The van der Waals surface area contributed by atoms with Crippen LogP contribution in [0.25, 0.3) is 0 Å². The third-order valence-corrected chi connectivity index (χ3v) is 4.09. The molecule has 0 saturated carbocycles. The molecule has 0 aliphatic heterocycles. The van der Waals surface area contributed by atoms with Gasteiger partial charge in [0.1, 0.15) is 6.04 Å². The lowest BCUT2D eigenvalue weighted by Crippen LogP contribution is -2.41. The quantitative estimate of drug-likeness (QED) is 0.679. The van der Waals surface area contributed by atoms with Gasteiger partial charge in [0, 0.05) is 23.6 Å². The average molecular weight is 383 g/mol. The molecule has 0 bridgehead atoms. The number of aromatic nitrogens is 1. The topological polar surface area (TPSA) is 108 Å². The second-order valence-electron chi connectivity index (χ2n) is 7.74. The number of carboxylic acid groups (broad SMARTS) is 1. The fourth-order valence-corrected chi connectivity index (χ4v) is 2.51. The molecular weight excluding hydrogens is 358 g/mol. The van der Waals surface area contributed by atoms with Crippen molar-refractivity contribution >= 4 is 23.5 Å². The van der Waals surface area contributed by atoms with E-state index in [-0.39, 0.29) is 16.9 Å². The standard InChI is InChI=1S/C21H25N3O4/c1-21(2,3)10-9-17(20(27)28)24-18(25)14-6-4-8-16(12-14)23-19(26)15-7-5-11-22-13-15/h4-8,11-13,17H,9-10H2,1-3H3,(H,23,26)(H,24,25)(H,27,28). The maximum Gasteiger partial charge on any atom is 0.326 e. The molecule has 0 aliphatic rings. The molecule has 2 amide bonds. The minimum atomic E-state index is -1.07. The number of carbonyl (C=O) groups excluding carboxylic acids is 2. The minimum absolute atomic E-state index is 0.0328. The van der Waals surface area contributed by atoms with Crippen LogP contribution in [0.1, 0.15) is 54.3 Å². The number of hydrogen-bond acceptors (Lipinski definition) is 4. The Morgan fingerprint density at radius 2 is 1.79 bits per heavy atom. The van der Waals surface area contributed by atoms with Gasteiger partial charge >= 0.3 is 5.97 Å². The van der Waals surface area contributed by atoms with Crippen LogP contribution in [0.2, 0.25) is 0 Å². The van der Waals surface area contributed by atoms with Crippen molar-refractivity contribution in [3.8, 4) is 0 Å². The van der Waals surface area contributed by atoms with Gasteiger partial charge < -0.3 is 15.7 Å². The van der Waals surface area contributed by atoms with Crippen LogP contribution >= 0.6 is 0 Å². The monoisotopic (exact) mass is 383 g/mol. The average Bonchev–Trinajstić information content (AvgIpc) is 2.64. The Hall–Kier alpha value is -3.22. The summed E-state index contributed by atoms with van der Waals surface area (Å²) < 4.78 is 0. The van der Waals surface area contributed by atoms with E-state index >= 15 is 0 Å². The van der Waals surface area contributed by atoms with Gasteiger partial charge in [-0.2, -0.15) is 0 Å². The Bertz CT molecular complexity index is 844. The van der Waals surface area contributed by atoms with Crippen LogP contribution in [0.15, 0.2) is 48.8 Å². The normalized spacial score (nSPS) is 12.1. The van der Waals surface area contributed by atoms with Crippen molar-refractivity contribution in [2.75, 3.05) is 5.32 Å². The molecule has 1 aromatic heterocycles. The van der Waals surface area contributed by atoms with E-state index in [0.717, 1.165) is 0 Å². The Morgan fingerprint density at radius 3 is 2.39 bits per heavy atom. The summed E-state index contributed by atoms with van der Waals surface area (Å²) in [5, 5.41) is 14.6. The number of rotatable bonds is 7. The second kappa shape index (κ2) is 9.12. The number of anilines is 1. The fourth-order valence-electron chi connectivity index (χ4n) is 2.51. The number of nitrogens with zero attached hydrogens (tertiary/aromatic N) is 1. The van der Waals surface area contributed by atoms with E-state index in [1.165, 1.54) is 12.3 Å². The van der Waals surface area contributed by atoms with Crippen molar-refractivity contribution in [1.29, 1.82) is 0 Å². The highest BCUT2D eigenvalue weighted by molar-refractivity contribution is 6.05. The van der Waals surface area contributed by atoms with Gasteiger partial charge in [-0.25, -0.2) is 4.79 Å². The lowest BCUT2D eigenvalue weighted by Gasteiger charge is -2.21. The third kappa shape index (κ3) is 6.50. The number of nitrogens with one attached hydrogen (secondary N) is 2. The number of carboxylic acids is 1. The predicted molar refractivity (Wildman–Crippen MR) is 106 cm³/mol. The van der Waals surface area contributed by atoms with Crippen molar-refractivity contribution in [2.24, 2.45) is 5.41 Å². The molecule has 148 valence electrons. The molecule has 7 heteroatoms. The van der Waals surface area contributed by atoms with Crippen LogP contribution in [0.5, 0.6) is 0 Å². The van der Waals surface area contributed by atoms with Gasteiger partial charge in [-0.05, 0) is 48.6 Å². The van der Waals surface area contributed by atoms with Crippen molar-refractivity contribution in [1.82, 2.24) is 10.3 Å². The second-order valence-corrected chi connectivity index (χ2v) is 7.74. The van der Waals surface area contributed by atoms with E-state index in [1.807, 2.05) is 20.8 Å². The van der Waals surface area contributed by atoms with Crippen LogP contribution in [0.3, 0.4) is 0 Å². The van der Waals surface area contributed by atoms with Gasteiger partial charge in [0.15, 0.2) is 0 Å². The van der Waals surface area contributed by atoms with E-state index in [4.69, 9.17) is 0 Å². The molecule has 0 aliphatic carbocycles. The molecule has 0 radical (unpaired) electrons. The summed E-state index contributed by atoms with van der Waals surface area (Å²) in [7, 11) is 0. The van der Waals surface area contributed by atoms with Gasteiger partial charge in [0.25, 0.3) is 11.8 Å². The van der Waals surface area contributed by atoms with Crippen LogP contribution < -0.4 is 10.6 Å². The van der Waals surface area contributed by atoms with Crippen molar-refractivity contribution < 1.29 is 19.5 Å². The highest BCUT2D eigenvalue weighted by Gasteiger charge is 2.23. The Morgan fingerprint density at radius 1 is 1.07 bits per heavy atom. The Labute approximate surface area is 164 Å².